The van der Waals surface area contributed by atoms with Crippen molar-refractivity contribution >= 4 is 50.0 Å². The van der Waals surface area contributed by atoms with Crippen LogP contribution in [-0.2, 0) is 34.2 Å². The summed E-state index contributed by atoms with van der Waals surface area (Å²) >= 11 is 1.61. The SMILES string of the molecule is [CH2-]CC[CH2-].[CH2-]COC12CC3(C)CC(C)(CC(Cn4ncc(-c5ccc(N6CCCc7c6nnc(Nc6nc8ccccc8s6)c7C)nc5C(=O)N5CCCC5)c4C)(C3)C1)C2.[Ni]. The first-order valence-electron chi connectivity index (χ1n) is 22.0. The predicted octanol–water partition coefficient (Wildman–Crippen LogP) is 10.4. The third kappa shape index (κ3) is 8.24. The number of nitrogens with zero attached hydrogens (tertiary/aromatic N) is 8. The van der Waals surface area contributed by atoms with Gasteiger partial charge >= 0.3 is 0 Å². The molecule has 1 aromatic carbocycles. The van der Waals surface area contributed by atoms with Crippen LogP contribution in [0.2, 0.25) is 0 Å². The molecule has 2 unspecified atom stereocenters. The maximum atomic E-state index is 14.4. The van der Waals surface area contributed by atoms with Crippen molar-refractivity contribution < 1.29 is 26.0 Å². The van der Waals surface area contributed by atoms with E-state index in [0.717, 1.165) is 133 Å². The molecule has 2 aliphatic heterocycles. The number of hydrogen-bond acceptors (Lipinski definition) is 10. The fraction of sp³-hybridized carbons (Fsp3) is 0.521. The first-order valence-corrected chi connectivity index (χ1v) is 22.8. The van der Waals surface area contributed by atoms with Gasteiger partial charge in [-0.05, 0) is 119 Å². The quantitative estimate of drug-likeness (QED) is 0.108. The zero-order valence-electron chi connectivity index (χ0n) is 36.3. The van der Waals surface area contributed by atoms with Crippen molar-refractivity contribution in [1.29, 1.82) is 0 Å². The van der Waals surface area contributed by atoms with Crippen molar-refractivity contribution in [2.75, 3.05) is 36.5 Å². The Balaban J connectivity index is 0.000000986. The minimum atomic E-state index is -0.0938. The zero-order valence-corrected chi connectivity index (χ0v) is 38.1. The van der Waals surface area contributed by atoms with Crippen LogP contribution in [0.15, 0.2) is 42.6 Å². The molecular formula is C48H60N9NiO2S-3. The molecule has 61 heavy (non-hydrogen) atoms. The van der Waals surface area contributed by atoms with Crippen LogP contribution in [0.4, 0.5) is 22.6 Å². The molecule has 5 aromatic rings. The Morgan fingerprint density at radius 1 is 0.869 bits per heavy atom. The number of carbonyl (C=O) groups is 1. The number of likely N-dealkylation sites (tertiary alicyclic amines) is 1. The van der Waals surface area contributed by atoms with Gasteiger partial charge in [0.15, 0.2) is 16.8 Å². The van der Waals surface area contributed by atoms with Crippen molar-refractivity contribution in [2.24, 2.45) is 16.2 Å². The van der Waals surface area contributed by atoms with Gasteiger partial charge in [-0.1, -0.05) is 43.9 Å². The molecule has 4 saturated carbocycles. The van der Waals surface area contributed by atoms with Crippen LogP contribution in [0.5, 0.6) is 0 Å². The third-order valence-electron chi connectivity index (χ3n) is 13.8. The predicted molar refractivity (Wildman–Crippen MR) is 241 cm³/mol. The van der Waals surface area contributed by atoms with Gasteiger partial charge in [-0.15, -0.1) is 10.2 Å². The normalized spacial score (nSPS) is 26.2. The van der Waals surface area contributed by atoms with Gasteiger partial charge in [-0.2, -0.15) is 5.10 Å². The van der Waals surface area contributed by atoms with Gasteiger partial charge in [0.25, 0.3) is 5.91 Å². The summed E-state index contributed by atoms with van der Waals surface area (Å²) < 4.78 is 9.89. The number of aromatic nitrogens is 6. The Labute approximate surface area is 375 Å². The largest absolute Gasteiger partial charge is 0.407 e. The summed E-state index contributed by atoms with van der Waals surface area (Å²) in [4.78, 5) is 28.5. The first-order chi connectivity index (χ1) is 28.9. The average molecular weight is 886 g/mol. The Kier molecular flexibility index (Phi) is 12.2. The number of benzene rings is 1. The molecule has 13 heteroatoms. The fourth-order valence-electron chi connectivity index (χ4n) is 12.6. The van der Waals surface area contributed by atoms with Crippen LogP contribution in [0, 0.1) is 50.9 Å². The second-order valence-electron chi connectivity index (χ2n) is 19.1. The van der Waals surface area contributed by atoms with E-state index in [-0.39, 0.29) is 44.2 Å². The van der Waals surface area contributed by atoms with Gasteiger partial charge in [0.1, 0.15) is 11.5 Å². The molecule has 6 heterocycles. The van der Waals surface area contributed by atoms with E-state index in [1.54, 1.807) is 11.3 Å². The summed E-state index contributed by atoms with van der Waals surface area (Å²) in [5.74, 6) is 2.21. The van der Waals surface area contributed by atoms with Crippen molar-refractivity contribution in [1.82, 2.24) is 34.8 Å². The molecule has 4 aliphatic carbocycles. The van der Waals surface area contributed by atoms with E-state index >= 15 is 0 Å². The summed E-state index contributed by atoms with van der Waals surface area (Å²) in [6.45, 7) is 24.0. The number of ether oxygens (including phenoxy) is 1. The molecule has 1 N–H and O–H groups in total. The van der Waals surface area contributed by atoms with Crippen LogP contribution in [-0.4, -0.2) is 72.6 Å². The maximum Gasteiger partial charge on any atom is 0.273 e. The Hall–Kier alpha value is -3.93. The maximum absolute atomic E-state index is 14.4. The molecular weight excluding hydrogens is 825 g/mol. The molecule has 2 atom stereocenters. The van der Waals surface area contributed by atoms with E-state index in [2.05, 4.69) is 80.6 Å². The number of thiazole rings is 1. The molecule has 0 spiro atoms. The summed E-state index contributed by atoms with van der Waals surface area (Å²) in [5.41, 5.74) is 7.07. The van der Waals surface area contributed by atoms with Crippen molar-refractivity contribution in [3.05, 3.63) is 85.9 Å². The van der Waals surface area contributed by atoms with Gasteiger partial charge < -0.3 is 40.6 Å². The van der Waals surface area contributed by atoms with Crippen molar-refractivity contribution in [3.63, 3.8) is 0 Å². The second-order valence-corrected chi connectivity index (χ2v) is 20.2. The van der Waals surface area contributed by atoms with E-state index in [1.807, 2.05) is 35.4 Å². The summed E-state index contributed by atoms with van der Waals surface area (Å²) in [6.07, 6.45) is 14.7. The van der Waals surface area contributed by atoms with E-state index in [1.165, 1.54) is 19.3 Å². The van der Waals surface area contributed by atoms with Gasteiger partial charge in [0.05, 0.1) is 22.0 Å². The topological polar surface area (TPSA) is 114 Å². The van der Waals surface area contributed by atoms with E-state index in [4.69, 9.17) is 24.9 Å². The second kappa shape index (κ2) is 17.0. The molecule has 1 amide bonds. The van der Waals surface area contributed by atoms with Gasteiger partial charge in [-0.3, -0.25) is 9.48 Å². The smallest absolute Gasteiger partial charge is 0.273 e. The van der Waals surface area contributed by atoms with Gasteiger partial charge in [0.2, 0.25) is 0 Å². The molecule has 1 saturated heterocycles. The number of pyridine rings is 1. The van der Waals surface area contributed by atoms with Gasteiger partial charge in [-0.25, -0.2) is 22.8 Å². The Morgan fingerprint density at radius 2 is 1.61 bits per heavy atom. The molecule has 4 bridgehead atoms. The van der Waals surface area contributed by atoms with Crippen LogP contribution >= 0.6 is 11.3 Å². The number of amides is 1. The van der Waals surface area contributed by atoms with Crippen molar-refractivity contribution in [2.45, 2.75) is 117 Å². The molecule has 328 valence electrons. The van der Waals surface area contributed by atoms with Crippen molar-refractivity contribution in [3.8, 4) is 11.1 Å². The minimum Gasteiger partial charge on any atom is -0.407 e. The molecule has 11 rings (SSSR count). The van der Waals surface area contributed by atoms with Crippen LogP contribution in [0.3, 0.4) is 0 Å². The number of nitrogens with one attached hydrogen (secondary N) is 1. The monoisotopic (exact) mass is 884 g/mol. The summed E-state index contributed by atoms with van der Waals surface area (Å²) in [5, 5.41) is 18.7. The van der Waals surface area contributed by atoms with Crippen LogP contribution in [0.1, 0.15) is 112 Å². The molecule has 6 aliphatic rings. The Morgan fingerprint density at radius 3 is 2.31 bits per heavy atom. The number of para-hydroxylation sites is 1. The average Bonchev–Trinajstić information content (AvgIpc) is 3.98. The van der Waals surface area contributed by atoms with E-state index < -0.39 is 0 Å². The number of carbonyl (C=O) groups excluding carboxylic acids is 1. The van der Waals surface area contributed by atoms with Gasteiger partial charge in [0, 0.05) is 70.6 Å². The number of hydrogen-bond donors (Lipinski definition) is 1. The minimum absolute atomic E-state index is 0. The standard InChI is InChI=1S/C44H52N9O2S.C4H8.Ni/c1-6-55-44-24-41(4)21-42(5,25-44)23-43(22-41,26-44)27-53-29(3)32(20-45-53)31-15-16-35(47-36(31)39(54)51-17-9-10-18-51)52-19-11-12-30-28(2)37(49-50-38(30)52)48-40-46-33-13-7-8-14-34(33)56-40;1-3-4-2;/h7-8,13-16,20H,1,6,9-12,17-19,21-27H2,2-5H3,(H,46,48,49);1-4H2;/q-1;-2;. The zero-order chi connectivity index (χ0) is 41.9. The Bertz CT molecular complexity index is 2350. The number of unbranched alkanes of at least 4 members (excludes halogenated alkanes) is 1. The van der Waals surface area contributed by atoms with E-state index in [9.17, 15) is 4.79 Å². The van der Waals surface area contributed by atoms with E-state index in [0.29, 0.717) is 23.9 Å². The summed E-state index contributed by atoms with van der Waals surface area (Å²) in [6, 6.07) is 12.3. The number of fused-ring (bicyclic) bond motifs is 2. The summed E-state index contributed by atoms with van der Waals surface area (Å²) in [7, 11) is 0. The third-order valence-corrected chi connectivity index (χ3v) is 14.8. The fourth-order valence-corrected chi connectivity index (χ4v) is 13.4. The molecule has 11 nitrogen and oxygen atoms in total. The number of rotatable bonds is 10. The molecule has 0 radical (unpaired) electrons. The molecule has 5 fully saturated rings. The molecule has 4 aromatic heterocycles. The first kappa shape index (κ1) is 43.7. The number of anilines is 4. The van der Waals surface area contributed by atoms with Crippen LogP contribution in [0.25, 0.3) is 21.3 Å². The van der Waals surface area contributed by atoms with Crippen LogP contribution < -0.4 is 10.2 Å².